The van der Waals surface area contributed by atoms with Crippen LogP contribution in [0.2, 0.25) is 10.0 Å². The molecule has 3 aromatic rings. The van der Waals surface area contributed by atoms with E-state index in [1.54, 1.807) is 68.4 Å². The zero-order valence-corrected chi connectivity index (χ0v) is 26.6. The van der Waals surface area contributed by atoms with Crippen LogP contribution in [0.3, 0.4) is 0 Å². The molecule has 0 aromatic heterocycles. The Kier molecular flexibility index (Phi) is 12.1. The van der Waals surface area contributed by atoms with Crippen LogP contribution in [-0.2, 0) is 26.2 Å². The van der Waals surface area contributed by atoms with Crippen molar-refractivity contribution in [1.82, 2.24) is 10.2 Å². The monoisotopic (exact) mass is 633 g/mol. The molecule has 8 nitrogen and oxygen atoms in total. The van der Waals surface area contributed by atoms with Crippen molar-refractivity contribution >= 4 is 50.7 Å². The van der Waals surface area contributed by atoms with E-state index in [0.29, 0.717) is 27.9 Å². The Balaban J connectivity index is 2.09. The second kappa shape index (κ2) is 15.3. The smallest absolute Gasteiger partial charge is 0.264 e. The Bertz CT molecular complexity index is 1460. The molecule has 0 saturated heterocycles. The number of rotatable bonds is 14. The molecule has 1 N–H and O–H groups in total. The van der Waals surface area contributed by atoms with E-state index in [1.165, 1.54) is 17.0 Å². The third-order valence-electron chi connectivity index (χ3n) is 6.71. The second-order valence-corrected chi connectivity index (χ2v) is 12.4. The molecular formula is C31H37Cl2N3O5S. The summed E-state index contributed by atoms with van der Waals surface area (Å²) in [5, 5.41) is 3.50. The molecule has 0 aliphatic carbocycles. The van der Waals surface area contributed by atoms with Gasteiger partial charge in [-0.25, -0.2) is 8.42 Å². The summed E-state index contributed by atoms with van der Waals surface area (Å²) < 4.78 is 34.9. The quantitative estimate of drug-likeness (QED) is 0.212. The number of carbonyl (C=O) groups is 2. The maximum absolute atomic E-state index is 14.1. The highest BCUT2D eigenvalue weighted by Crippen LogP contribution is 2.33. The van der Waals surface area contributed by atoms with Crippen molar-refractivity contribution in [2.24, 2.45) is 0 Å². The number of para-hydroxylation sites is 2. The molecular weight excluding hydrogens is 597 g/mol. The third kappa shape index (κ3) is 8.18. The van der Waals surface area contributed by atoms with Crippen LogP contribution in [0.1, 0.15) is 44.7 Å². The van der Waals surface area contributed by atoms with Gasteiger partial charge >= 0.3 is 0 Å². The second-order valence-electron chi connectivity index (χ2n) is 9.77. The predicted octanol–water partition coefficient (Wildman–Crippen LogP) is 6.23. The van der Waals surface area contributed by atoms with Gasteiger partial charge in [0, 0.05) is 28.7 Å². The number of amides is 2. The minimum Gasteiger partial charge on any atom is -0.492 e. The topological polar surface area (TPSA) is 96.0 Å². The Morgan fingerprint density at radius 1 is 0.952 bits per heavy atom. The minimum atomic E-state index is -4.24. The van der Waals surface area contributed by atoms with E-state index in [0.717, 1.165) is 22.7 Å². The number of hydrogen-bond donors (Lipinski definition) is 1. The average molecular weight is 635 g/mol. The number of benzene rings is 3. The Labute approximate surface area is 258 Å². The Morgan fingerprint density at radius 3 is 2.21 bits per heavy atom. The molecule has 0 heterocycles. The van der Waals surface area contributed by atoms with Crippen LogP contribution < -0.4 is 14.4 Å². The molecule has 42 heavy (non-hydrogen) atoms. The van der Waals surface area contributed by atoms with Gasteiger partial charge < -0.3 is 15.0 Å². The number of aryl methyl sites for hydroxylation is 1. The zero-order valence-electron chi connectivity index (χ0n) is 24.3. The van der Waals surface area contributed by atoms with Crippen molar-refractivity contribution in [1.29, 1.82) is 0 Å². The summed E-state index contributed by atoms with van der Waals surface area (Å²) in [6, 6.07) is 17.0. The first-order valence-electron chi connectivity index (χ1n) is 13.8. The van der Waals surface area contributed by atoms with Gasteiger partial charge in [0.25, 0.3) is 10.0 Å². The van der Waals surface area contributed by atoms with Gasteiger partial charge in [-0.05, 0) is 63.6 Å². The molecule has 0 unspecified atom stereocenters. The van der Waals surface area contributed by atoms with Crippen molar-refractivity contribution in [3.05, 3.63) is 87.9 Å². The summed E-state index contributed by atoms with van der Waals surface area (Å²) in [6.45, 7) is 7.27. The number of halogens is 2. The lowest BCUT2D eigenvalue weighted by atomic mass is 10.1. The highest BCUT2D eigenvalue weighted by Gasteiger charge is 2.34. The van der Waals surface area contributed by atoms with Crippen LogP contribution in [-0.4, -0.2) is 50.9 Å². The van der Waals surface area contributed by atoms with Crippen molar-refractivity contribution in [3.63, 3.8) is 0 Å². The van der Waals surface area contributed by atoms with Crippen LogP contribution >= 0.6 is 23.2 Å². The van der Waals surface area contributed by atoms with E-state index in [9.17, 15) is 18.0 Å². The van der Waals surface area contributed by atoms with E-state index in [-0.39, 0.29) is 29.6 Å². The van der Waals surface area contributed by atoms with Gasteiger partial charge in [0.1, 0.15) is 18.3 Å². The summed E-state index contributed by atoms with van der Waals surface area (Å²) in [6.07, 6.45) is 1.66. The number of nitrogens with zero attached hydrogens (tertiary/aromatic N) is 2. The fourth-order valence-electron chi connectivity index (χ4n) is 4.26. The third-order valence-corrected chi connectivity index (χ3v) is 9.19. The molecule has 2 amide bonds. The number of nitrogens with one attached hydrogen (secondary N) is 1. The lowest BCUT2D eigenvalue weighted by molar-refractivity contribution is -0.139. The summed E-state index contributed by atoms with van der Waals surface area (Å²) in [5.41, 5.74) is 1.53. The lowest BCUT2D eigenvalue weighted by Gasteiger charge is -2.32. The molecule has 0 saturated carbocycles. The Morgan fingerprint density at radius 2 is 1.60 bits per heavy atom. The van der Waals surface area contributed by atoms with Crippen LogP contribution in [0.4, 0.5) is 5.69 Å². The van der Waals surface area contributed by atoms with Crippen molar-refractivity contribution in [3.8, 4) is 5.75 Å². The Hall–Kier alpha value is -3.27. The minimum absolute atomic E-state index is 0.0123. The number of ether oxygens (including phenoxy) is 1. The first-order chi connectivity index (χ1) is 20.0. The maximum atomic E-state index is 14.1. The maximum Gasteiger partial charge on any atom is 0.264 e. The molecule has 1 atom stereocenters. The van der Waals surface area contributed by atoms with Crippen LogP contribution in [0.5, 0.6) is 5.75 Å². The molecule has 3 rings (SSSR count). The fraction of sp³-hybridized carbons (Fsp3) is 0.355. The van der Waals surface area contributed by atoms with E-state index in [2.05, 4.69) is 5.32 Å². The van der Waals surface area contributed by atoms with Gasteiger partial charge in [-0.15, -0.1) is 0 Å². The number of carbonyl (C=O) groups excluding carboxylic acids is 2. The average Bonchev–Trinajstić information content (AvgIpc) is 2.96. The van der Waals surface area contributed by atoms with E-state index in [1.807, 2.05) is 13.8 Å². The lowest BCUT2D eigenvalue weighted by Crippen LogP contribution is -2.51. The number of hydrogen-bond acceptors (Lipinski definition) is 5. The standard InChI is InChI=1S/C31H37Cl2N3O5S/c1-5-7-19-34-31(38)23(4)35(20-25-26(32)11-10-12-27(25)33)30(37)21-36(28-13-8-9-14-29(28)41-6-2)42(39,40)24-17-15-22(3)16-18-24/h8-18,23H,5-7,19-21H2,1-4H3,(H,34,38)/t23-/m1/s1. The molecule has 0 spiro atoms. The van der Waals surface area contributed by atoms with E-state index in [4.69, 9.17) is 27.9 Å². The van der Waals surface area contributed by atoms with Crippen molar-refractivity contribution in [2.75, 3.05) is 24.0 Å². The van der Waals surface area contributed by atoms with Gasteiger partial charge in [0.05, 0.1) is 17.2 Å². The van der Waals surface area contributed by atoms with E-state index < -0.39 is 28.5 Å². The highest BCUT2D eigenvalue weighted by molar-refractivity contribution is 7.92. The fourth-order valence-corrected chi connectivity index (χ4v) is 6.21. The van der Waals surface area contributed by atoms with Gasteiger partial charge in [0.15, 0.2) is 0 Å². The highest BCUT2D eigenvalue weighted by atomic mass is 35.5. The van der Waals surface area contributed by atoms with Crippen LogP contribution in [0.25, 0.3) is 0 Å². The molecule has 0 radical (unpaired) electrons. The van der Waals surface area contributed by atoms with Crippen molar-refractivity contribution in [2.45, 2.75) is 58.0 Å². The summed E-state index contributed by atoms with van der Waals surface area (Å²) >= 11 is 12.9. The van der Waals surface area contributed by atoms with Crippen molar-refractivity contribution < 1.29 is 22.7 Å². The zero-order chi connectivity index (χ0) is 30.9. The first kappa shape index (κ1) is 33.2. The van der Waals surface area contributed by atoms with Crippen LogP contribution in [0, 0.1) is 6.92 Å². The summed E-state index contributed by atoms with van der Waals surface area (Å²) in [4.78, 5) is 28.6. The van der Waals surface area contributed by atoms with Gasteiger partial charge in [-0.2, -0.15) is 0 Å². The molecule has 0 fully saturated rings. The molecule has 0 bridgehead atoms. The normalized spacial score (nSPS) is 12.0. The molecule has 226 valence electrons. The van der Waals surface area contributed by atoms with Gasteiger partial charge in [-0.3, -0.25) is 13.9 Å². The first-order valence-corrected chi connectivity index (χ1v) is 16.0. The number of sulfonamides is 1. The predicted molar refractivity (Wildman–Crippen MR) is 168 cm³/mol. The summed E-state index contributed by atoms with van der Waals surface area (Å²) in [7, 11) is -4.24. The molecule has 11 heteroatoms. The molecule has 3 aromatic carbocycles. The van der Waals surface area contributed by atoms with Gasteiger partial charge in [-0.1, -0.05) is 72.4 Å². The molecule has 0 aliphatic heterocycles. The molecule has 0 aliphatic rings. The van der Waals surface area contributed by atoms with Crippen LogP contribution in [0.15, 0.2) is 71.6 Å². The SMILES string of the molecule is CCCCNC(=O)[C@@H](C)N(Cc1c(Cl)cccc1Cl)C(=O)CN(c1ccccc1OCC)S(=O)(=O)c1ccc(C)cc1. The number of anilines is 1. The largest absolute Gasteiger partial charge is 0.492 e. The number of unbranched alkanes of at least 4 members (excludes halogenated alkanes) is 1. The summed E-state index contributed by atoms with van der Waals surface area (Å²) in [5.74, 6) is -0.691. The van der Waals surface area contributed by atoms with Gasteiger partial charge in [0.2, 0.25) is 11.8 Å². The van der Waals surface area contributed by atoms with E-state index >= 15 is 0 Å².